The number of aromatic amines is 2. The van der Waals surface area contributed by atoms with Gasteiger partial charge in [0.1, 0.15) is 17.8 Å². The standard InChI is InChI=1S/C16H15ClN6O/c17-11-5-2-1-4-10(11)12-8-13(22-21-12)14(24)20-16(6-3-7-16)15-18-9-19-23-15/h1-2,4-5,8-9H,3,6-7H2,(H,20,24)(H,21,22)(H,18,19,23). The Labute approximate surface area is 142 Å². The predicted molar refractivity (Wildman–Crippen MR) is 88.4 cm³/mol. The first-order valence-corrected chi connectivity index (χ1v) is 8.04. The van der Waals surface area contributed by atoms with Gasteiger partial charge in [0, 0.05) is 5.56 Å². The minimum absolute atomic E-state index is 0.225. The zero-order valence-electron chi connectivity index (χ0n) is 12.7. The average Bonchev–Trinajstić information content (AvgIpc) is 3.23. The third-order valence-corrected chi connectivity index (χ3v) is 4.73. The molecule has 24 heavy (non-hydrogen) atoms. The van der Waals surface area contributed by atoms with E-state index in [1.165, 1.54) is 6.33 Å². The summed E-state index contributed by atoms with van der Waals surface area (Å²) in [4.78, 5) is 16.8. The lowest BCUT2D eigenvalue weighted by Crippen LogP contribution is -2.51. The molecule has 1 amide bonds. The summed E-state index contributed by atoms with van der Waals surface area (Å²) in [7, 11) is 0. The summed E-state index contributed by atoms with van der Waals surface area (Å²) in [5.74, 6) is 0.463. The van der Waals surface area contributed by atoms with Crippen LogP contribution in [0.3, 0.4) is 0 Å². The van der Waals surface area contributed by atoms with Gasteiger partial charge in [-0.15, -0.1) is 0 Å². The van der Waals surface area contributed by atoms with E-state index in [0.29, 0.717) is 22.2 Å². The highest BCUT2D eigenvalue weighted by molar-refractivity contribution is 6.33. The van der Waals surface area contributed by atoms with Gasteiger partial charge in [0.2, 0.25) is 0 Å². The fourth-order valence-corrected chi connectivity index (χ4v) is 3.15. The molecule has 0 unspecified atom stereocenters. The molecule has 0 atom stereocenters. The van der Waals surface area contributed by atoms with Crippen LogP contribution < -0.4 is 5.32 Å². The number of H-pyrrole nitrogens is 2. The monoisotopic (exact) mass is 342 g/mol. The molecule has 1 aromatic carbocycles. The van der Waals surface area contributed by atoms with Gasteiger partial charge in [0.25, 0.3) is 5.91 Å². The first kappa shape index (κ1) is 14.9. The first-order valence-electron chi connectivity index (χ1n) is 7.67. The lowest BCUT2D eigenvalue weighted by molar-refractivity contribution is 0.0804. The lowest BCUT2D eigenvalue weighted by Gasteiger charge is -2.40. The number of nitrogens with one attached hydrogen (secondary N) is 3. The Bertz CT molecular complexity index is 868. The highest BCUT2D eigenvalue weighted by atomic mass is 35.5. The number of halogens is 1. The molecule has 2 aromatic heterocycles. The van der Waals surface area contributed by atoms with E-state index in [9.17, 15) is 4.79 Å². The Morgan fingerprint density at radius 1 is 1.25 bits per heavy atom. The van der Waals surface area contributed by atoms with Gasteiger partial charge < -0.3 is 5.32 Å². The van der Waals surface area contributed by atoms with E-state index < -0.39 is 5.54 Å². The van der Waals surface area contributed by atoms with Gasteiger partial charge in [-0.2, -0.15) is 10.2 Å². The topological polar surface area (TPSA) is 99.3 Å². The molecule has 0 radical (unpaired) electrons. The van der Waals surface area contributed by atoms with Crippen molar-refractivity contribution in [3.8, 4) is 11.3 Å². The molecule has 0 bridgehead atoms. The van der Waals surface area contributed by atoms with Gasteiger partial charge in [-0.25, -0.2) is 4.98 Å². The van der Waals surface area contributed by atoms with Gasteiger partial charge in [-0.05, 0) is 31.4 Å². The Morgan fingerprint density at radius 2 is 2.08 bits per heavy atom. The summed E-state index contributed by atoms with van der Waals surface area (Å²) in [5.41, 5.74) is 1.33. The summed E-state index contributed by atoms with van der Waals surface area (Å²) in [6.45, 7) is 0. The summed E-state index contributed by atoms with van der Waals surface area (Å²) in [6, 6.07) is 9.08. The van der Waals surface area contributed by atoms with Crippen LogP contribution in [-0.2, 0) is 5.54 Å². The minimum Gasteiger partial charge on any atom is -0.338 e. The zero-order chi connectivity index (χ0) is 16.6. The number of hydrogen-bond donors (Lipinski definition) is 3. The van der Waals surface area contributed by atoms with Crippen LogP contribution in [-0.4, -0.2) is 31.3 Å². The van der Waals surface area contributed by atoms with Gasteiger partial charge in [0.15, 0.2) is 0 Å². The summed E-state index contributed by atoms with van der Waals surface area (Å²) < 4.78 is 0. The normalized spacial score (nSPS) is 15.7. The summed E-state index contributed by atoms with van der Waals surface area (Å²) >= 11 is 6.18. The number of aromatic nitrogens is 5. The number of carbonyl (C=O) groups is 1. The second-order valence-electron chi connectivity index (χ2n) is 5.87. The Kier molecular flexibility index (Phi) is 3.57. The second kappa shape index (κ2) is 5.76. The molecule has 3 N–H and O–H groups in total. The van der Waals surface area contributed by atoms with Crippen molar-refractivity contribution in [1.29, 1.82) is 0 Å². The number of carbonyl (C=O) groups excluding carboxylic acids is 1. The van der Waals surface area contributed by atoms with Gasteiger partial charge in [-0.1, -0.05) is 29.8 Å². The largest absolute Gasteiger partial charge is 0.338 e. The highest BCUT2D eigenvalue weighted by Crippen LogP contribution is 2.39. The molecule has 0 aliphatic heterocycles. The molecule has 0 spiro atoms. The molecule has 7 nitrogen and oxygen atoms in total. The van der Waals surface area contributed by atoms with Crippen molar-refractivity contribution in [2.24, 2.45) is 0 Å². The molecule has 1 fully saturated rings. The van der Waals surface area contributed by atoms with E-state index in [0.717, 1.165) is 24.8 Å². The third-order valence-electron chi connectivity index (χ3n) is 4.40. The van der Waals surface area contributed by atoms with Crippen molar-refractivity contribution in [3.05, 3.63) is 53.2 Å². The SMILES string of the molecule is O=C(NC1(c2ncn[nH]2)CCC1)c1cc(-c2ccccc2Cl)n[nH]1. The number of rotatable bonds is 4. The molecular formula is C16H15ClN6O. The number of hydrogen-bond acceptors (Lipinski definition) is 4. The van der Waals surface area contributed by atoms with Crippen molar-refractivity contribution in [2.75, 3.05) is 0 Å². The molecule has 122 valence electrons. The first-order chi connectivity index (χ1) is 11.7. The van der Waals surface area contributed by atoms with Gasteiger partial charge >= 0.3 is 0 Å². The van der Waals surface area contributed by atoms with Crippen molar-refractivity contribution in [3.63, 3.8) is 0 Å². The van der Waals surface area contributed by atoms with E-state index >= 15 is 0 Å². The zero-order valence-corrected chi connectivity index (χ0v) is 13.5. The fraction of sp³-hybridized carbons (Fsp3) is 0.250. The smallest absolute Gasteiger partial charge is 0.270 e. The molecule has 1 aliphatic rings. The summed E-state index contributed by atoms with van der Waals surface area (Å²) in [6.07, 6.45) is 4.15. The number of nitrogens with zero attached hydrogens (tertiary/aromatic N) is 3. The molecular weight excluding hydrogens is 328 g/mol. The number of amides is 1. The molecule has 1 aliphatic carbocycles. The minimum atomic E-state index is -0.469. The molecule has 2 heterocycles. The van der Waals surface area contributed by atoms with Crippen molar-refractivity contribution in [2.45, 2.75) is 24.8 Å². The quantitative estimate of drug-likeness (QED) is 0.678. The van der Waals surface area contributed by atoms with Crippen LogP contribution in [0.2, 0.25) is 5.02 Å². The van der Waals surface area contributed by atoms with Crippen LogP contribution in [0, 0.1) is 0 Å². The van der Waals surface area contributed by atoms with Crippen LogP contribution in [0.1, 0.15) is 35.6 Å². The summed E-state index contributed by atoms with van der Waals surface area (Å²) in [5, 5.41) is 17.4. The maximum Gasteiger partial charge on any atom is 0.270 e. The Morgan fingerprint density at radius 3 is 2.75 bits per heavy atom. The maximum absolute atomic E-state index is 12.6. The van der Waals surface area contributed by atoms with E-state index in [-0.39, 0.29) is 5.91 Å². The van der Waals surface area contributed by atoms with Gasteiger partial charge in [0.05, 0.1) is 16.3 Å². The molecule has 8 heteroatoms. The van der Waals surface area contributed by atoms with E-state index in [1.807, 2.05) is 18.2 Å². The second-order valence-corrected chi connectivity index (χ2v) is 6.28. The van der Waals surface area contributed by atoms with Crippen LogP contribution in [0.5, 0.6) is 0 Å². The van der Waals surface area contributed by atoms with Crippen molar-refractivity contribution >= 4 is 17.5 Å². The fourth-order valence-electron chi connectivity index (χ4n) is 2.92. The maximum atomic E-state index is 12.6. The van der Waals surface area contributed by atoms with E-state index in [1.54, 1.807) is 12.1 Å². The van der Waals surface area contributed by atoms with Crippen LogP contribution in [0.25, 0.3) is 11.3 Å². The third kappa shape index (κ3) is 2.46. The number of benzene rings is 1. The van der Waals surface area contributed by atoms with Gasteiger partial charge in [-0.3, -0.25) is 15.0 Å². The lowest BCUT2D eigenvalue weighted by atomic mass is 9.76. The molecule has 3 aromatic rings. The highest BCUT2D eigenvalue weighted by Gasteiger charge is 2.43. The van der Waals surface area contributed by atoms with E-state index in [2.05, 4.69) is 30.7 Å². The van der Waals surface area contributed by atoms with Crippen LogP contribution in [0.15, 0.2) is 36.7 Å². The molecule has 4 rings (SSSR count). The molecule has 1 saturated carbocycles. The Hall–Kier alpha value is -2.67. The average molecular weight is 343 g/mol. The van der Waals surface area contributed by atoms with Crippen molar-refractivity contribution < 1.29 is 4.79 Å². The van der Waals surface area contributed by atoms with E-state index in [4.69, 9.17) is 11.6 Å². The molecule has 0 saturated heterocycles. The van der Waals surface area contributed by atoms with Crippen LogP contribution >= 0.6 is 11.6 Å². The Balaban J connectivity index is 1.57. The van der Waals surface area contributed by atoms with Crippen molar-refractivity contribution in [1.82, 2.24) is 30.7 Å². The van der Waals surface area contributed by atoms with Crippen LogP contribution in [0.4, 0.5) is 0 Å². The predicted octanol–water partition coefficient (Wildman–Crippen LogP) is 2.66.